The zero-order valence-corrected chi connectivity index (χ0v) is 11.6. The van der Waals surface area contributed by atoms with Gasteiger partial charge in [0.1, 0.15) is 5.82 Å². The molecule has 0 aliphatic heterocycles. The molecule has 1 heterocycles. The van der Waals surface area contributed by atoms with Crippen molar-refractivity contribution in [2.75, 3.05) is 6.54 Å². The number of H-pyrrole nitrogens is 1. The van der Waals surface area contributed by atoms with Crippen LogP contribution in [-0.2, 0) is 12.6 Å². The molecule has 3 N–H and O–H groups in total. The second-order valence-electron chi connectivity index (χ2n) is 4.92. The van der Waals surface area contributed by atoms with Gasteiger partial charge in [-0.3, -0.25) is 0 Å². The number of hydrogen-bond donors (Lipinski definition) is 2. The van der Waals surface area contributed by atoms with Crippen LogP contribution in [0.2, 0.25) is 0 Å². The summed E-state index contributed by atoms with van der Waals surface area (Å²) in [6.45, 7) is 0.689. The number of nitrogens with zero attached hydrogens (tertiary/aromatic N) is 1. The van der Waals surface area contributed by atoms with E-state index in [0.717, 1.165) is 49.3 Å². The van der Waals surface area contributed by atoms with Gasteiger partial charge < -0.3 is 10.7 Å². The van der Waals surface area contributed by atoms with Gasteiger partial charge in [0.2, 0.25) is 0 Å². The molecule has 0 atom stereocenters. The molecule has 6 heteroatoms. The number of aryl methyl sites for hydroxylation is 1. The van der Waals surface area contributed by atoms with Gasteiger partial charge in [-0.15, -0.1) is 0 Å². The molecule has 114 valence electrons. The lowest BCUT2D eigenvalue weighted by Crippen LogP contribution is -2.03. The molecule has 1 aromatic carbocycles. The van der Waals surface area contributed by atoms with Crippen LogP contribution < -0.4 is 5.73 Å². The van der Waals surface area contributed by atoms with E-state index in [2.05, 4.69) is 9.97 Å². The van der Waals surface area contributed by atoms with Crippen LogP contribution in [0.15, 0.2) is 30.5 Å². The van der Waals surface area contributed by atoms with E-state index in [-0.39, 0.29) is 0 Å². The van der Waals surface area contributed by atoms with Crippen molar-refractivity contribution < 1.29 is 13.2 Å². The fourth-order valence-electron chi connectivity index (χ4n) is 2.09. The number of aromatic amines is 1. The average molecular weight is 297 g/mol. The van der Waals surface area contributed by atoms with E-state index in [1.54, 1.807) is 6.20 Å². The molecule has 0 aliphatic rings. The number of imidazole rings is 1. The first-order chi connectivity index (χ1) is 10.0. The number of rotatable bonds is 6. The molecule has 2 rings (SSSR count). The lowest BCUT2D eigenvalue weighted by atomic mass is 10.1. The van der Waals surface area contributed by atoms with Crippen LogP contribution in [-0.4, -0.2) is 16.5 Å². The van der Waals surface area contributed by atoms with E-state index < -0.39 is 11.7 Å². The molecule has 0 amide bonds. The third kappa shape index (κ3) is 4.32. The summed E-state index contributed by atoms with van der Waals surface area (Å²) >= 11 is 0. The lowest BCUT2D eigenvalue weighted by Gasteiger charge is -2.06. The van der Waals surface area contributed by atoms with Crippen molar-refractivity contribution in [3.63, 3.8) is 0 Å². The maximum absolute atomic E-state index is 12.5. The van der Waals surface area contributed by atoms with Gasteiger partial charge in [0.15, 0.2) is 0 Å². The van der Waals surface area contributed by atoms with Crippen LogP contribution in [0, 0.1) is 0 Å². The molecular weight excluding hydrogens is 279 g/mol. The van der Waals surface area contributed by atoms with E-state index in [1.807, 2.05) is 0 Å². The summed E-state index contributed by atoms with van der Waals surface area (Å²) in [5.41, 5.74) is 6.21. The Morgan fingerprint density at radius 1 is 1.05 bits per heavy atom. The Bertz CT molecular complexity index is 558. The predicted octanol–water partition coefficient (Wildman–Crippen LogP) is 3.77. The Morgan fingerprint density at radius 3 is 2.38 bits per heavy atom. The molecule has 21 heavy (non-hydrogen) atoms. The largest absolute Gasteiger partial charge is 0.416 e. The summed E-state index contributed by atoms with van der Waals surface area (Å²) in [7, 11) is 0. The van der Waals surface area contributed by atoms with Gasteiger partial charge >= 0.3 is 6.18 Å². The predicted molar refractivity (Wildman–Crippen MR) is 75.6 cm³/mol. The molecule has 0 unspecified atom stereocenters. The smallest absolute Gasteiger partial charge is 0.342 e. The van der Waals surface area contributed by atoms with Gasteiger partial charge in [-0.05, 0) is 37.1 Å². The minimum Gasteiger partial charge on any atom is -0.342 e. The number of unbranched alkanes of at least 4 members (excludes halogenated alkanes) is 2. The summed E-state index contributed by atoms with van der Waals surface area (Å²) in [6, 6.07) is 5.07. The van der Waals surface area contributed by atoms with Crippen molar-refractivity contribution in [3.8, 4) is 11.3 Å². The van der Waals surface area contributed by atoms with E-state index in [1.165, 1.54) is 12.1 Å². The maximum Gasteiger partial charge on any atom is 0.416 e. The topological polar surface area (TPSA) is 54.7 Å². The Labute approximate surface area is 121 Å². The van der Waals surface area contributed by atoms with E-state index >= 15 is 0 Å². The second kappa shape index (κ2) is 6.76. The average Bonchev–Trinajstić information content (AvgIpc) is 2.92. The Balaban J connectivity index is 2.00. The van der Waals surface area contributed by atoms with Crippen LogP contribution in [0.25, 0.3) is 11.3 Å². The van der Waals surface area contributed by atoms with Crippen LogP contribution in [0.1, 0.15) is 30.7 Å². The number of nitrogens with two attached hydrogens (primary N) is 1. The molecule has 3 nitrogen and oxygen atoms in total. The number of halogens is 3. The normalized spacial score (nSPS) is 11.8. The minimum absolute atomic E-state index is 0.646. The number of nitrogens with one attached hydrogen (secondary N) is 1. The summed E-state index contributed by atoms with van der Waals surface area (Å²) in [6.07, 6.45) is 1.21. The monoisotopic (exact) mass is 297 g/mol. The summed E-state index contributed by atoms with van der Waals surface area (Å²) in [5.74, 6) is 0.849. The van der Waals surface area contributed by atoms with Crippen molar-refractivity contribution in [1.82, 2.24) is 9.97 Å². The number of benzene rings is 1. The Hall–Kier alpha value is -1.82. The van der Waals surface area contributed by atoms with Crippen molar-refractivity contribution in [2.24, 2.45) is 5.73 Å². The van der Waals surface area contributed by atoms with E-state index in [0.29, 0.717) is 12.1 Å². The molecule has 1 aromatic heterocycles. The van der Waals surface area contributed by atoms with Crippen molar-refractivity contribution in [2.45, 2.75) is 31.9 Å². The molecule has 0 spiro atoms. The summed E-state index contributed by atoms with van der Waals surface area (Å²) in [5, 5.41) is 0. The van der Waals surface area contributed by atoms with Crippen LogP contribution in [0.5, 0.6) is 0 Å². The van der Waals surface area contributed by atoms with Crippen LogP contribution in [0.4, 0.5) is 13.2 Å². The minimum atomic E-state index is -4.30. The lowest BCUT2D eigenvalue weighted by molar-refractivity contribution is -0.137. The highest BCUT2D eigenvalue weighted by Crippen LogP contribution is 2.30. The summed E-state index contributed by atoms with van der Waals surface area (Å²) < 4.78 is 37.5. The maximum atomic E-state index is 12.5. The number of hydrogen-bond acceptors (Lipinski definition) is 2. The van der Waals surface area contributed by atoms with Gasteiger partial charge in [-0.25, -0.2) is 4.98 Å². The first-order valence-corrected chi connectivity index (χ1v) is 6.92. The zero-order valence-electron chi connectivity index (χ0n) is 11.6. The quantitative estimate of drug-likeness (QED) is 0.797. The zero-order chi connectivity index (χ0) is 15.3. The van der Waals surface area contributed by atoms with Crippen molar-refractivity contribution in [3.05, 3.63) is 41.9 Å². The first kappa shape index (κ1) is 15.6. The molecule has 0 radical (unpaired) electrons. The van der Waals surface area contributed by atoms with Gasteiger partial charge in [0.05, 0.1) is 17.5 Å². The van der Waals surface area contributed by atoms with E-state index in [9.17, 15) is 13.2 Å². The van der Waals surface area contributed by atoms with Crippen molar-refractivity contribution in [1.29, 1.82) is 0 Å². The fraction of sp³-hybridized carbons (Fsp3) is 0.400. The Morgan fingerprint density at radius 2 is 1.76 bits per heavy atom. The molecule has 0 fully saturated rings. The fourth-order valence-corrected chi connectivity index (χ4v) is 2.09. The van der Waals surface area contributed by atoms with Gasteiger partial charge in [0, 0.05) is 6.42 Å². The molecular formula is C15H18F3N3. The highest BCUT2D eigenvalue weighted by atomic mass is 19.4. The van der Waals surface area contributed by atoms with Crippen LogP contribution >= 0.6 is 0 Å². The molecule has 0 aliphatic carbocycles. The molecule has 0 saturated heterocycles. The number of aromatic nitrogens is 2. The van der Waals surface area contributed by atoms with Gasteiger partial charge in [-0.1, -0.05) is 18.6 Å². The molecule has 0 saturated carbocycles. The molecule has 0 bridgehead atoms. The van der Waals surface area contributed by atoms with Crippen molar-refractivity contribution >= 4 is 0 Å². The third-order valence-corrected chi connectivity index (χ3v) is 3.27. The second-order valence-corrected chi connectivity index (χ2v) is 4.92. The Kier molecular flexibility index (Phi) is 5.01. The first-order valence-electron chi connectivity index (χ1n) is 6.92. The van der Waals surface area contributed by atoms with E-state index in [4.69, 9.17) is 5.73 Å². The van der Waals surface area contributed by atoms with Crippen LogP contribution in [0.3, 0.4) is 0 Å². The van der Waals surface area contributed by atoms with Gasteiger partial charge in [-0.2, -0.15) is 13.2 Å². The SMILES string of the molecule is NCCCCCc1ncc(-c2ccc(C(F)(F)F)cc2)[nH]1. The number of alkyl halides is 3. The highest BCUT2D eigenvalue weighted by molar-refractivity contribution is 5.58. The molecule has 2 aromatic rings. The van der Waals surface area contributed by atoms with Gasteiger partial charge in [0.25, 0.3) is 0 Å². The highest BCUT2D eigenvalue weighted by Gasteiger charge is 2.29. The standard InChI is InChI=1S/C15H18F3N3/c16-15(17,18)12-7-5-11(6-8-12)13-10-20-14(21-13)4-2-1-3-9-19/h5-8,10H,1-4,9,19H2,(H,20,21). The third-order valence-electron chi connectivity index (χ3n) is 3.27. The summed E-state index contributed by atoms with van der Waals surface area (Å²) in [4.78, 5) is 7.39.